The number of carbonyl (C=O) groups is 1. The Morgan fingerprint density at radius 1 is 1.35 bits per heavy atom. The first-order valence-corrected chi connectivity index (χ1v) is 10.2. The quantitative estimate of drug-likeness (QED) is 0.626. The molecule has 2 N–H and O–H groups in total. The van der Waals surface area contributed by atoms with Gasteiger partial charge >= 0.3 is 6.18 Å². The predicted molar refractivity (Wildman–Crippen MR) is 110 cm³/mol. The topological polar surface area (TPSA) is 79.3 Å². The number of nitrogens with zero attached hydrogens (tertiary/aromatic N) is 2. The Hall–Kier alpha value is -3.10. The molecule has 0 unspecified atom stereocenters. The van der Waals surface area contributed by atoms with Crippen molar-refractivity contribution in [2.24, 2.45) is 0 Å². The lowest BCUT2D eigenvalue weighted by Gasteiger charge is -2.11. The summed E-state index contributed by atoms with van der Waals surface area (Å²) in [6.07, 6.45) is -0.381. The number of rotatable bonds is 5. The van der Waals surface area contributed by atoms with E-state index in [0.29, 0.717) is 22.3 Å². The molecule has 2 aromatic heterocycles. The van der Waals surface area contributed by atoms with Crippen LogP contribution in [0.3, 0.4) is 0 Å². The van der Waals surface area contributed by atoms with Crippen molar-refractivity contribution in [3.05, 3.63) is 57.1 Å². The number of alkyl halides is 3. The Morgan fingerprint density at radius 3 is 2.65 bits per heavy atom. The molecule has 0 saturated heterocycles. The first-order chi connectivity index (χ1) is 14.6. The molecule has 3 aromatic rings. The minimum absolute atomic E-state index is 0.0340. The van der Waals surface area contributed by atoms with Crippen LogP contribution < -0.4 is 10.9 Å². The van der Waals surface area contributed by atoms with E-state index in [2.05, 4.69) is 15.4 Å². The van der Waals surface area contributed by atoms with Crippen molar-refractivity contribution in [3.63, 3.8) is 0 Å². The van der Waals surface area contributed by atoms with Gasteiger partial charge in [0.15, 0.2) is 5.69 Å². The fraction of sp³-hybridized carbons (Fsp3) is 0.409. The molecule has 1 amide bonds. The van der Waals surface area contributed by atoms with Crippen molar-refractivity contribution in [2.75, 3.05) is 0 Å². The van der Waals surface area contributed by atoms with Crippen LogP contribution in [0.25, 0.3) is 16.8 Å². The van der Waals surface area contributed by atoms with Gasteiger partial charge in [0, 0.05) is 11.6 Å². The van der Waals surface area contributed by atoms with Gasteiger partial charge in [-0.1, -0.05) is 13.0 Å². The monoisotopic (exact) mass is 432 g/mol. The summed E-state index contributed by atoms with van der Waals surface area (Å²) in [6.45, 7) is 5.22. The number of carbonyl (C=O) groups excluding carboxylic acids is 1. The van der Waals surface area contributed by atoms with Crippen molar-refractivity contribution < 1.29 is 18.0 Å². The van der Waals surface area contributed by atoms with Crippen molar-refractivity contribution >= 4 is 11.4 Å². The second-order valence-corrected chi connectivity index (χ2v) is 8.14. The van der Waals surface area contributed by atoms with Gasteiger partial charge in [0.25, 0.3) is 11.5 Å². The lowest BCUT2D eigenvalue weighted by atomic mass is 10.0. The van der Waals surface area contributed by atoms with Crippen LogP contribution in [0.5, 0.6) is 0 Å². The third-order valence-electron chi connectivity index (χ3n) is 5.70. The Balaban J connectivity index is 1.82. The average molecular weight is 432 g/mol. The molecule has 31 heavy (non-hydrogen) atoms. The predicted octanol–water partition coefficient (Wildman–Crippen LogP) is 4.42. The lowest BCUT2D eigenvalue weighted by Crippen LogP contribution is -2.32. The second-order valence-electron chi connectivity index (χ2n) is 8.14. The highest BCUT2D eigenvalue weighted by Crippen LogP contribution is 2.43. The molecule has 1 aromatic carbocycles. The smallest absolute Gasteiger partial charge is 0.348 e. The maximum absolute atomic E-state index is 13.1. The number of halogens is 3. The van der Waals surface area contributed by atoms with E-state index in [0.717, 1.165) is 25.3 Å². The highest BCUT2D eigenvalue weighted by Gasteiger charge is 2.35. The normalized spacial score (nSPS) is 15.3. The maximum Gasteiger partial charge on any atom is 0.416 e. The van der Waals surface area contributed by atoms with Gasteiger partial charge in [-0.3, -0.25) is 9.59 Å². The van der Waals surface area contributed by atoms with E-state index in [1.54, 1.807) is 6.20 Å². The minimum Gasteiger partial charge on any atom is -0.348 e. The van der Waals surface area contributed by atoms with E-state index >= 15 is 0 Å². The highest BCUT2D eigenvalue weighted by atomic mass is 19.4. The van der Waals surface area contributed by atoms with Crippen molar-refractivity contribution in [1.82, 2.24) is 19.9 Å². The standard InChI is InChI=1S/C22H23F3N4O2/c1-4-12(3)26-20(30)18-17(13-5-6-13)19-21(31)27-16(10-29(19)28-18)14-7-8-15(11(2)9-14)22(23,24)25/h7-10,12-13H,4-6H2,1-3H3,(H,26,30)(H,27,31)/t12-/m1/s1. The van der Waals surface area contributed by atoms with Crippen molar-refractivity contribution in [3.8, 4) is 11.3 Å². The van der Waals surface area contributed by atoms with E-state index in [4.69, 9.17) is 0 Å². The summed E-state index contributed by atoms with van der Waals surface area (Å²) in [5, 5.41) is 7.28. The molecule has 1 aliphatic carbocycles. The summed E-state index contributed by atoms with van der Waals surface area (Å²) in [5.41, 5.74) is 0.839. The molecule has 9 heteroatoms. The zero-order valence-electron chi connectivity index (χ0n) is 17.4. The zero-order valence-corrected chi connectivity index (χ0v) is 17.4. The van der Waals surface area contributed by atoms with Gasteiger partial charge in [-0.2, -0.15) is 18.3 Å². The van der Waals surface area contributed by atoms with Gasteiger partial charge in [-0.05, 0) is 62.3 Å². The number of hydrogen-bond donors (Lipinski definition) is 2. The molecule has 0 bridgehead atoms. The summed E-state index contributed by atoms with van der Waals surface area (Å²) < 4.78 is 40.6. The molecule has 0 aliphatic heterocycles. The fourth-order valence-corrected chi connectivity index (χ4v) is 3.72. The zero-order chi connectivity index (χ0) is 22.5. The van der Waals surface area contributed by atoms with Crippen LogP contribution in [0, 0.1) is 6.92 Å². The van der Waals surface area contributed by atoms with Gasteiger partial charge in [0.05, 0.1) is 17.5 Å². The third-order valence-corrected chi connectivity index (χ3v) is 5.70. The average Bonchev–Trinajstić information content (AvgIpc) is 3.46. The van der Waals surface area contributed by atoms with Gasteiger partial charge in [-0.15, -0.1) is 0 Å². The molecule has 6 nitrogen and oxygen atoms in total. The van der Waals surface area contributed by atoms with Gasteiger partial charge in [0.1, 0.15) is 5.52 Å². The summed E-state index contributed by atoms with van der Waals surface area (Å²) in [7, 11) is 0. The first kappa shape index (κ1) is 21.1. The number of aryl methyl sites for hydroxylation is 1. The van der Waals surface area contributed by atoms with E-state index < -0.39 is 17.3 Å². The molecule has 1 atom stereocenters. The number of benzene rings is 1. The van der Waals surface area contributed by atoms with Gasteiger partial charge in [-0.25, -0.2) is 4.52 Å². The van der Waals surface area contributed by atoms with Crippen LogP contribution in [-0.2, 0) is 6.18 Å². The van der Waals surface area contributed by atoms with E-state index in [1.165, 1.54) is 23.6 Å². The lowest BCUT2D eigenvalue weighted by molar-refractivity contribution is -0.138. The summed E-state index contributed by atoms with van der Waals surface area (Å²) in [5.74, 6) is -0.221. The number of H-pyrrole nitrogens is 1. The van der Waals surface area contributed by atoms with Gasteiger partial charge < -0.3 is 10.3 Å². The van der Waals surface area contributed by atoms with E-state index in [9.17, 15) is 22.8 Å². The first-order valence-electron chi connectivity index (χ1n) is 10.2. The Morgan fingerprint density at radius 2 is 2.06 bits per heavy atom. The van der Waals surface area contributed by atoms with Gasteiger partial charge in [0.2, 0.25) is 0 Å². The number of nitrogens with one attached hydrogen (secondary N) is 2. The molecule has 4 rings (SSSR count). The summed E-state index contributed by atoms with van der Waals surface area (Å²) in [4.78, 5) is 28.4. The summed E-state index contributed by atoms with van der Waals surface area (Å²) in [6, 6.07) is 3.65. The van der Waals surface area contributed by atoms with E-state index in [-0.39, 0.29) is 29.1 Å². The third kappa shape index (κ3) is 3.96. The van der Waals surface area contributed by atoms with Crippen LogP contribution in [0.1, 0.15) is 66.2 Å². The second kappa shape index (κ2) is 7.55. The van der Waals surface area contributed by atoms with Crippen LogP contribution >= 0.6 is 0 Å². The Bertz CT molecular complexity index is 1220. The molecule has 2 heterocycles. The number of fused-ring (bicyclic) bond motifs is 1. The minimum atomic E-state index is -4.45. The molecule has 0 spiro atoms. The fourth-order valence-electron chi connectivity index (χ4n) is 3.72. The largest absolute Gasteiger partial charge is 0.416 e. The van der Waals surface area contributed by atoms with Crippen LogP contribution in [0.2, 0.25) is 0 Å². The molecule has 1 fully saturated rings. The van der Waals surface area contributed by atoms with Crippen molar-refractivity contribution in [2.45, 2.75) is 58.2 Å². The summed E-state index contributed by atoms with van der Waals surface area (Å²) >= 11 is 0. The molecule has 1 saturated carbocycles. The Kier molecular flexibility index (Phi) is 5.15. The van der Waals surface area contributed by atoms with Crippen LogP contribution in [-0.4, -0.2) is 26.5 Å². The molecule has 1 aliphatic rings. The maximum atomic E-state index is 13.1. The SMILES string of the molecule is CC[C@@H](C)NC(=O)c1nn2cc(-c3ccc(C(F)(F)F)c(C)c3)[nH]c(=O)c2c1C1CC1. The number of amides is 1. The Labute approximate surface area is 176 Å². The number of aromatic nitrogens is 3. The van der Waals surface area contributed by atoms with E-state index in [1.807, 2.05) is 13.8 Å². The molecule has 164 valence electrons. The van der Waals surface area contributed by atoms with Crippen LogP contribution in [0.4, 0.5) is 13.2 Å². The van der Waals surface area contributed by atoms with Crippen molar-refractivity contribution in [1.29, 1.82) is 0 Å². The molecule has 0 radical (unpaired) electrons. The molecular weight excluding hydrogens is 409 g/mol. The molecular formula is C22H23F3N4O2. The van der Waals surface area contributed by atoms with Crippen LogP contribution in [0.15, 0.2) is 29.2 Å². The number of aromatic amines is 1. The number of hydrogen-bond acceptors (Lipinski definition) is 3. The highest BCUT2D eigenvalue weighted by molar-refractivity contribution is 5.96.